The molecule has 4 nitrogen and oxygen atoms in total. The van der Waals surface area contributed by atoms with Gasteiger partial charge in [-0.15, -0.1) is 0 Å². The second kappa shape index (κ2) is 7.58. The number of hydrogen-bond donors (Lipinski definition) is 1. The Kier molecular flexibility index (Phi) is 4.82. The van der Waals surface area contributed by atoms with E-state index in [0.717, 1.165) is 12.0 Å². The first-order valence-electron chi connectivity index (χ1n) is 9.38. The van der Waals surface area contributed by atoms with Gasteiger partial charge in [0.25, 0.3) is 0 Å². The molecule has 0 aliphatic carbocycles. The lowest BCUT2D eigenvalue weighted by atomic mass is 9.88. The Balaban J connectivity index is 1.67. The quantitative estimate of drug-likeness (QED) is 0.689. The SMILES string of the molecule is Cc1ccc([C@@H]2c3ccccc3CCN2C(=O)Nc2ccc(C#N)cc2)cc1. The molecule has 0 aromatic heterocycles. The number of nitrogens with zero attached hydrogens (tertiary/aromatic N) is 2. The van der Waals surface area contributed by atoms with Crippen molar-refractivity contribution in [2.24, 2.45) is 0 Å². The van der Waals surface area contributed by atoms with Gasteiger partial charge in [-0.3, -0.25) is 0 Å². The van der Waals surface area contributed by atoms with Crippen LogP contribution in [0.5, 0.6) is 0 Å². The molecule has 0 saturated carbocycles. The number of hydrogen-bond acceptors (Lipinski definition) is 2. The number of nitriles is 1. The third-order valence-electron chi connectivity index (χ3n) is 5.20. The van der Waals surface area contributed by atoms with Gasteiger partial charge in [0.15, 0.2) is 0 Å². The van der Waals surface area contributed by atoms with Crippen LogP contribution in [0.4, 0.5) is 10.5 Å². The summed E-state index contributed by atoms with van der Waals surface area (Å²) in [5.41, 5.74) is 6.02. The molecule has 0 fully saturated rings. The van der Waals surface area contributed by atoms with Gasteiger partial charge in [0.05, 0.1) is 17.7 Å². The Morgan fingerprint density at radius 1 is 1.04 bits per heavy atom. The van der Waals surface area contributed by atoms with E-state index in [1.54, 1.807) is 24.3 Å². The van der Waals surface area contributed by atoms with E-state index in [2.05, 4.69) is 60.8 Å². The zero-order valence-electron chi connectivity index (χ0n) is 15.7. The minimum atomic E-state index is -0.134. The molecule has 2 amide bonds. The maximum atomic E-state index is 13.1. The molecule has 0 unspecified atom stereocenters. The summed E-state index contributed by atoms with van der Waals surface area (Å²) in [6.07, 6.45) is 0.833. The molecule has 1 aliphatic rings. The van der Waals surface area contributed by atoms with Crippen molar-refractivity contribution in [3.8, 4) is 6.07 Å². The van der Waals surface area contributed by atoms with E-state index in [9.17, 15) is 4.79 Å². The number of carbonyl (C=O) groups excluding carboxylic acids is 1. The van der Waals surface area contributed by atoms with E-state index in [-0.39, 0.29) is 12.1 Å². The zero-order valence-corrected chi connectivity index (χ0v) is 15.7. The molecule has 138 valence electrons. The van der Waals surface area contributed by atoms with E-state index in [0.29, 0.717) is 17.8 Å². The molecule has 4 rings (SSSR count). The van der Waals surface area contributed by atoms with E-state index in [1.165, 1.54) is 16.7 Å². The van der Waals surface area contributed by atoms with Crippen LogP contribution in [0.25, 0.3) is 0 Å². The summed E-state index contributed by atoms with van der Waals surface area (Å²) < 4.78 is 0. The van der Waals surface area contributed by atoms with Crippen LogP contribution in [0.2, 0.25) is 0 Å². The number of benzene rings is 3. The number of urea groups is 1. The van der Waals surface area contributed by atoms with Crippen molar-refractivity contribution >= 4 is 11.7 Å². The summed E-state index contributed by atoms with van der Waals surface area (Å²) in [4.78, 5) is 15.0. The summed E-state index contributed by atoms with van der Waals surface area (Å²) in [5.74, 6) is 0. The fourth-order valence-electron chi connectivity index (χ4n) is 3.72. The summed E-state index contributed by atoms with van der Waals surface area (Å²) in [5, 5.41) is 11.9. The van der Waals surface area contributed by atoms with Crippen LogP contribution in [-0.4, -0.2) is 17.5 Å². The summed E-state index contributed by atoms with van der Waals surface area (Å²) in [7, 11) is 0. The first-order chi connectivity index (χ1) is 13.7. The average molecular weight is 367 g/mol. The van der Waals surface area contributed by atoms with Gasteiger partial charge in [-0.05, 0) is 54.3 Å². The molecule has 0 spiro atoms. The number of fused-ring (bicyclic) bond motifs is 1. The average Bonchev–Trinajstić information content (AvgIpc) is 2.74. The van der Waals surface area contributed by atoms with Crippen molar-refractivity contribution in [3.05, 3.63) is 101 Å². The molecule has 3 aromatic carbocycles. The Hall–Kier alpha value is -3.58. The highest BCUT2D eigenvalue weighted by Gasteiger charge is 2.31. The highest BCUT2D eigenvalue weighted by Crippen LogP contribution is 2.35. The van der Waals surface area contributed by atoms with Gasteiger partial charge in [-0.2, -0.15) is 5.26 Å². The van der Waals surface area contributed by atoms with Gasteiger partial charge in [0.1, 0.15) is 0 Å². The Labute approximate surface area is 165 Å². The smallest absolute Gasteiger partial charge is 0.313 e. The highest BCUT2D eigenvalue weighted by atomic mass is 16.2. The lowest BCUT2D eigenvalue weighted by Crippen LogP contribution is -2.43. The predicted molar refractivity (Wildman–Crippen MR) is 110 cm³/mol. The molecule has 1 N–H and O–H groups in total. The molecule has 1 atom stereocenters. The minimum absolute atomic E-state index is 0.121. The third-order valence-corrected chi connectivity index (χ3v) is 5.20. The molecular formula is C24H21N3O. The summed E-state index contributed by atoms with van der Waals surface area (Å²) >= 11 is 0. The molecule has 1 aliphatic heterocycles. The van der Waals surface area contributed by atoms with Gasteiger partial charge in [-0.25, -0.2) is 4.79 Å². The molecule has 4 heteroatoms. The highest BCUT2D eigenvalue weighted by molar-refractivity contribution is 5.90. The van der Waals surface area contributed by atoms with E-state index >= 15 is 0 Å². The van der Waals surface area contributed by atoms with Crippen LogP contribution in [0, 0.1) is 18.3 Å². The molecule has 1 heterocycles. The second-order valence-electron chi connectivity index (χ2n) is 7.07. The molecular weight excluding hydrogens is 346 g/mol. The maximum Gasteiger partial charge on any atom is 0.322 e. The van der Waals surface area contributed by atoms with Gasteiger partial charge < -0.3 is 10.2 Å². The second-order valence-corrected chi connectivity index (χ2v) is 7.07. The van der Waals surface area contributed by atoms with Crippen LogP contribution in [-0.2, 0) is 6.42 Å². The number of nitrogens with one attached hydrogen (secondary N) is 1. The van der Waals surface area contributed by atoms with E-state index < -0.39 is 0 Å². The largest absolute Gasteiger partial charge is 0.322 e. The Bertz CT molecular complexity index is 1030. The van der Waals surface area contributed by atoms with Gasteiger partial charge in [0.2, 0.25) is 0 Å². The topological polar surface area (TPSA) is 56.1 Å². The number of carbonyl (C=O) groups is 1. The van der Waals surface area contributed by atoms with Gasteiger partial charge in [0, 0.05) is 12.2 Å². The predicted octanol–water partition coefficient (Wildman–Crippen LogP) is 5.05. The van der Waals surface area contributed by atoms with Gasteiger partial charge >= 0.3 is 6.03 Å². The molecule has 28 heavy (non-hydrogen) atoms. The standard InChI is InChI=1S/C24H21N3O/c1-17-6-10-20(11-7-17)23-22-5-3-2-4-19(22)14-15-27(23)24(28)26-21-12-8-18(16-25)9-13-21/h2-13,23H,14-15H2,1H3,(H,26,28)/t23-/m1/s1. The number of aryl methyl sites for hydroxylation is 1. The number of amides is 2. The lowest BCUT2D eigenvalue weighted by molar-refractivity contribution is 0.194. The van der Waals surface area contributed by atoms with Crippen molar-refractivity contribution in [1.82, 2.24) is 4.90 Å². The fraction of sp³-hybridized carbons (Fsp3) is 0.167. The van der Waals surface area contributed by atoms with E-state index in [1.807, 2.05) is 11.0 Å². The normalized spacial score (nSPS) is 15.4. The fourth-order valence-corrected chi connectivity index (χ4v) is 3.72. The molecule has 0 saturated heterocycles. The zero-order chi connectivity index (χ0) is 19.5. The minimum Gasteiger partial charge on any atom is -0.313 e. The van der Waals surface area contributed by atoms with Crippen LogP contribution < -0.4 is 5.32 Å². The lowest BCUT2D eigenvalue weighted by Gasteiger charge is -2.37. The van der Waals surface area contributed by atoms with E-state index in [4.69, 9.17) is 5.26 Å². The van der Waals surface area contributed by atoms with Crippen LogP contribution >= 0.6 is 0 Å². The van der Waals surface area contributed by atoms with Crippen molar-refractivity contribution in [2.45, 2.75) is 19.4 Å². The van der Waals surface area contributed by atoms with Crippen molar-refractivity contribution in [1.29, 1.82) is 5.26 Å². The first kappa shape index (κ1) is 17.8. The van der Waals surface area contributed by atoms with Crippen LogP contribution in [0.15, 0.2) is 72.8 Å². The maximum absolute atomic E-state index is 13.1. The van der Waals surface area contributed by atoms with Crippen LogP contribution in [0.1, 0.15) is 33.9 Å². The van der Waals surface area contributed by atoms with Crippen molar-refractivity contribution < 1.29 is 4.79 Å². The molecule has 3 aromatic rings. The Morgan fingerprint density at radius 3 is 2.46 bits per heavy atom. The van der Waals surface area contributed by atoms with Crippen molar-refractivity contribution in [2.75, 3.05) is 11.9 Å². The summed E-state index contributed by atoms with van der Waals surface area (Å²) in [6.45, 7) is 2.71. The van der Waals surface area contributed by atoms with Crippen molar-refractivity contribution in [3.63, 3.8) is 0 Å². The van der Waals surface area contributed by atoms with Crippen LogP contribution in [0.3, 0.4) is 0 Å². The summed E-state index contributed by atoms with van der Waals surface area (Å²) in [6, 6.07) is 25.5. The third kappa shape index (κ3) is 3.47. The molecule has 0 bridgehead atoms. The first-order valence-corrected chi connectivity index (χ1v) is 9.38. The monoisotopic (exact) mass is 367 g/mol. The molecule has 0 radical (unpaired) electrons. The Morgan fingerprint density at radius 2 is 1.75 bits per heavy atom. The number of rotatable bonds is 2. The number of anilines is 1. The van der Waals surface area contributed by atoms with Gasteiger partial charge in [-0.1, -0.05) is 54.1 Å².